The smallest absolute Gasteiger partial charge is 0.269 e. The predicted octanol–water partition coefficient (Wildman–Crippen LogP) is 15.1. The molecule has 0 saturated carbocycles. The fourth-order valence-corrected chi connectivity index (χ4v) is 8.56. The summed E-state index contributed by atoms with van der Waals surface area (Å²) < 4.78 is 100. The Balaban J connectivity index is 1.16. The molecule has 10 rings (SSSR count). The Labute approximate surface area is 390 Å². The van der Waals surface area contributed by atoms with Crippen LogP contribution in [-0.2, 0) is 5.41 Å². The van der Waals surface area contributed by atoms with Gasteiger partial charge in [0.1, 0.15) is 17.3 Å². The van der Waals surface area contributed by atoms with Crippen LogP contribution in [0.25, 0.3) is 72.3 Å². The van der Waals surface area contributed by atoms with Crippen molar-refractivity contribution in [3.8, 4) is 50.9 Å². The lowest BCUT2D eigenvalue weighted by atomic mass is 9.78. The molecule has 0 amide bonds. The summed E-state index contributed by atoms with van der Waals surface area (Å²) >= 11 is 0. The van der Waals surface area contributed by atoms with Crippen molar-refractivity contribution in [3.63, 3.8) is 0 Å². The van der Waals surface area contributed by atoms with E-state index in [1.807, 2.05) is 72.3 Å². The summed E-state index contributed by atoms with van der Waals surface area (Å²) in [7, 11) is 0. The molecule has 316 valence electrons. The average molecular weight is 845 g/mol. The minimum absolute atomic E-state index is 0.0378. The maximum atomic E-state index is 9.08. The van der Waals surface area contributed by atoms with Crippen molar-refractivity contribution < 1.29 is 23.0 Å². The number of hydrogen-bond acceptors (Lipinski definition) is 2. The molecular formula is C59H54N4O. The Morgan fingerprint density at radius 1 is 0.656 bits per heavy atom. The van der Waals surface area contributed by atoms with Gasteiger partial charge in [0.15, 0.2) is 0 Å². The van der Waals surface area contributed by atoms with Crippen LogP contribution in [0.2, 0.25) is 0 Å². The molecule has 7 aromatic carbocycles. The highest BCUT2D eigenvalue weighted by molar-refractivity contribution is 6.09. The Hall–Kier alpha value is -7.24. The van der Waals surface area contributed by atoms with Gasteiger partial charge in [0.25, 0.3) is 6.33 Å². The number of nitrogens with zero attached hydrogens (tertiary/aromatic N) is 4. The van der Waals surface area contributed by atoms with Gasteiger partial charge in [0, 0.05) is 23.0 Å². The van der Waals surface area contributed by atoms with Crippen LogP contribution < -0.4 is 9.30 Å². The van der Waals surface area contributed by atoms with Crippen LogP contribution in [0.3, 0.4) is 0 Å². The predicted molar refractivity (Wildman–Crippen MR) is 264 cm³/mol. The molecule has 0 radical (unpaired) electrons. The third-order valence-electron chi connectivity index (χ3n) is 12.4. The van der Waals surface area contributed by atoms with Gasteiger partial charge in [-0.25, -0.2) is 4.98 Å². The Bertz CT molecular complexity index is 3810. The van der Waals surface area contributed by atoms with E-state index in [0.29, 0.717) is 28.2 Å². The first kappa shape index (κ1) is 30.7. The van der Waals surface area contributed by atoms with Crippen molar-refractivity contribution in [2.75, 3.05) is 0 Å². The summed E-state index contributed by atoms with van der Waals surface area (Å²) in [6, 6.07) is 29.9. The second kappa shape index (κ2) is 15.8. The van der Waals surface area contributed by atoms with Crippen molar-refractivity contribution in [3.05, 3.63) is 199 Å². The molecule has 3 aromatic heterocycles. The number of ether oxygens (including phenoxy) is 1. The van der Waals surface area contributed by atoms with Gasteiger partial charge in [-0.2, -0.15) is 0 Å². The van der Waals surface area contributed by atoms with Crippen LogP contribution in [-0.4, -0.2) is 14.1 Å². The molecule has 0 saturated heterocycles. The van der Waals surface area contributed by atoms with Crippen LogP contribution in [0.5, 0.6) is 11.5 Å². The molecule has 0 aliphatic rings. The van der Waals surface area contributed by atoms with Gasteiger partial charge in [-0.3, -0.25) is 13.7 Å². The van der Waals surface area contributed by atoms with E-state index in [4.69, 9.17) is 23.4 Å². The van der Waals surface area contributed by atoms with Crippen molar-refractivity contribution in [2.24, 2.45) is 5.41 Å². The maximum Gasteiger partial charge on any atom is 0.269 e. The average Bonchev–Trinajstić information content (AvgIpc) is 3.93. The number of pyridine rings is 1. The first-order chi connectivity index (χ1) is 35.0. The van der Waals surface area contributed by atoms with E-state index in [-0.39, 0.29) is 44.7 Å². The summed E-state index contributed by atoms with van der Waals surface area (Å²) in [6.07, 6.45) is 5.38. The van der Waals surface area contributed by atoms with E-state index in [1.165, 1.54) is 11.1 Å². The zero-order chi connectivity index (χ0) is 53.0. The highest BCUT2D eigenvalue weighted by Crippen LogP contribution is 2.40. The second-order valence-electron chi connectivity index (χ2n) is 18.5. The topological polar surface area (TPSA) is 35.9 Å². The van der Waals surface area contributed by atoms with Gasteiger partial charge >= 0.3 is 0 Å². The minimum atomic E-state index is -0.564. The summed E-state index contributed by atoms with van der Waals surface area (Å²) in [5.41, 5.74) is 7.31. The van der Waals surface area contributed by atoms with Gasteiger partial charge in [-0.1, -0.05) is 157 Å². The maximum absolute atomic E-state index is 9.08. The number of para-hydroxylation sites is 2. The number of benzene rings is 7. The molecule has 0 spiro atoms. The normalized spacial score (nSPS) is 14.8. The van der Waals surface area contributed by atoms with Crippen LogP contribution in [0.4, 0.5) is 0 Å². The van der Waals surface area contributed by atoms with Gasteiger partial charge in [-0.05, 0) is 117 Å². The van der Waals surface area contributed by atoms with Crippen molar-refractivity contribution >= 4 is 32.8 Å². The molecule has 3 heterocycles. The number of imidazole rings is 1. The van der Waals surface area contributed by atoms with Crippen LogP contribution in [0.1, 0.15) is 84.8 Å². The standard InChI is InChI=1S/C59H54N4O/c1-39-18-15-27-53-56(39)62(57-48(41-19-11-9-12-20-41)25-17-26-49(57)42-21-13-10-14-22-42)38-61(53)45-23-16-24-46(36-45)64-47-29-30-50-51-35-44(59(6,7)8)28-31-52(51)63(54(50)37-47)55-34-43(32-33-60-55)40(2)58(3,4)5/h9-37,40H,1-8H3/i9D,10D,11D,12D,13D,14D,19D,20D,21D,22D. The molecule has 10 aromatic rings. The molecule has 1 atom stereocenters. The van der Waals surface area contributed by atoms with Crippen LogP contribution in [0, 0.1) is 18.7 Å². The summed E-state index contributed by atoms with van der Waals surface area (Å²) in [5, 5.41) is 2.17. The zero-order valence-electron chi connectivity index (χ0n) is 47.2. The van der Waals surface area contributed by atoms with E-state index in [9.17, 15) is 0 Å². The van der Waals surface area contributed by atoms with E-state index in [2.05, 4.69) is 95.8 Å². The minimum Gasteiger partial charge on any atom is -0.458 e. The molecule has 5 nitrogen and oxygen atoms in total. The lowest BCUT2D eigenvalue weighted by Gasteiger charge is -2.27. The second-order valence-corrected chi connectivity index (χ2v) is 18.5. The Kier molecular flexibility index (Phi) is 7.61. The number of fused-ring (bicyclic) bond motifs is 4. The largest absolute Gasteiger partial charge is 0.458 e. The molecular weight excluding hydrogens is 781 g/mol. The van der Waals surface area contributed by atoms with Crippen molar-refractivity contribution in [1.82, 2.24) is 14.1 Å². The third-order valence-corrected chi connectivity index (χ3v) is 12.4. The fraction of sp³-hybridized carbons (Fsp3) is 0.186. The molecule has 0 fully saturated rings. The highest BCUT2D eigenvalue weighted by atomic mass is 16.5. The molecule has 5 heteroatoms. The molecule has 1 unspecified atom stereocenters. The Morgan fingerprint density at radius 2 is 1.33 bits per heavy atom. The Morgan fingerprint density at radius 3 is 2.02 bits per heavy atom. The third kappa shape index (κ3) is 7.35. The van der Waals surface area contributed by atoms with Crippen molar-refractivity contribution in [2.45, 2.75) is 66.7 Å². The van der Waals surface area contributed by atoms with E-state index < -0.39 is 60.4 Å². The van der Waals surface area contributed by atoms with Crippen molar-refractivity contribution in [1.29, 1.82) is 0 Å². The molecule has 0 aliphatic carbocycles. The van der Waals surface area contributed by atoms with Gasteiger partial charge in [0.2, 0.25) is 0 Å². The summed E-state index contributed by atoms with van der Waals surface area (Å²) in [5.74, 6) is 2.19. The molecule has 0 bridgehead atoms. The molecule has 0 N–H and O–H groups in total. The van der Waals surface area contributed by atoms with E-state index >= 15 is 0 Å². The first-order valence-electron chi connectivity index (χ1n) is 26.5. The number of aromatic nitrogens is 4. The lowest BCUT2D eigenvalue weighted by Crippen LogP contribution is -2.32. The SMILES string of the molecule is [2H]c1c([2H])c([2H])c(-c2cccc(-c3c([2H])c([2H])c([2H])c([2H])c3[2H])c2-[n+]2[c-]n(-c3cccc(Oc4ccc5c6cc(C(C)(C)C)ccc6n(-c6cc(C(C)C(C)(C)C)ccn6)c5c4)c3)c3cccc(C)c32)c([2H])c1[2H]. The van der Waals surface area contributed by atoms with E-state index in [1.54, 1.807) is 22.8 Å². The quantitative estimate of drug-likeness (QED) is 0.113. The zero-order valence-corrected chi connectivity index (χ0v) is 37.2. The lowest BCUT2D eigenvalue weighted by molar-refractivity contribution is -0.571. The first-order valence-corrected chi connectivity index (χ1v) is 21.5. The monoisotopic (exact) mass is 844 g/mol. The summed E-state index contributed by atoms with van der Waals surface area (Å²) in [4.78, 5) is 4.94. The van der Waals surface area contributed by atoms with E-state index in [0.717, 1.165) is 33.2 Å². The van der Waals surface area contributed by atoms with Gasteiger partial charge < -0.3 is 4.74 Å². The summed E-state index contributed by atoms with van der Waals surface area (Å²) in [6.45, 7) is 17.5. The van der Waals surface area contributed by atoms with Crippen LogP contribution in [0.15, 0.2) is 176 Å². The molecule has 64 heavy (non-hydrogen) atoms. The highest BCUT2D eigenvalue weighted by Gasteiger charge is 2.25. The number of aryl methyl sites for hydroxylation is 1. The fourth-order valence-electron chi connectivity index (χ4n) is 8.56. The molecule has 0 aliphatic heterocycles. The van der Waals surface area contributed by atoms with Gasteiger partial charge in [0.05, 0.1) is 47.1 Å². The van der Waals surface area contributed by atoms with Gasteiger partial charge in [-0.15, -0.1) is 0 Å². The number of rotatable bonds is 8. The van der Waals surface area contributed by atoms with Crippen LogP contribution >= 0.6 is 0 Å². The number of hydrogen-bond donors (Lipinski definition) is 0.